The first kappa shape index (κ1) is 22.8. The van der Waals surface area contributed by atoms with Crippen molar-refractivity contribution in [1.82, 2.24) is 8.87 Å². The van der Waals surface area contributed by atoms with Crippen LogP contribution >= 0.6 is 15.9 Å². The number of hydrogen-bond donors (Lipinski definition) is 1. The number of aryl methyl sites for hydroxylation is 1. The number of nitrogens with zero attached hydrogens (tertiary/aromatic N) is 3. The van der Waals surface area contributed by atoms with Crippen LogP contribution in [-0.2, 0) is 16.6 Å². The fourth-order valence-corrected chi connectivity index (χ4v) is 5.78. The second-order valence-corrected chi connectivity index (χ2v) is 10.1. The minimum atomic E-state index is -3.62. The first-order valence-electron chi connectivity index (χ1n) is 10.4. The Kier molecular flexibility index (Phi) is 7.26. The maximum absolute atomic E-state index is 13.1. The van der Waals surface area contributed by atoms with E-state index in [2.05, 4.69) is 26.1 Å². The van der Waals surface area contributed by atoms with Gasteiger partial charge in [0.1, 0.15) is 5.69 Å². The summed E-state index contributed by atoms with van der Waals surface area (Å²) in [6.07, 6.45) is 4.02. The molecule has 2 heterocycles. The van der Waals surface area contributed by atoms with E-state index in [1.807, 2.05) is 37.6 Å². The van der Waals surface area contributed by atoms with Crippen molar-refractivity contribution >= 4 is 43.2 Å². The molecule has 30 heavy (non-hydrogen) atoms. The van der Waals surface area contributed by atoms with Crippen LogP contribution in [0.5, 0.6) is 0 Å². The highest BCUT2D eigenvalue weighted by Crippen LogP contribution is 2.33. The Balaban J connectivity index is 2.02. The molecule has 1 aliphatic heterocycles. The number of carbonyl (C=O) groups is 1. The van der Waals surface area contributed by atoms with E-state index in [0.717, 1.165) is 36.1 Å². The number of aromatic nitrogens is 1. The quantitative estimate of drug-likeness (QED) is 0.595. The number of halogens is 1. The molecule has 1 N–H and O–H groups in total. The van der Waals surface area contributed by atoms with Crippen LogP contribution in [0.4, 0.5) is 11.4 Å². The number of benzene rings is 1. The maximum atomic E-state index is 13.1. The summed E-state index contributed by atoms with van der Waals surface area (Å²) < 4.78 is 30.2. The van der Waals surface area contributed by atoms with E-state index in [9.17, 15) is 13.2 Å². The second-order valence-electron chi connectivity index (χ2n) is 7.25. The predicted molar refractivity (Wildman–Crippen MR) is 124 cm³/mol. The summed E-state index contributed by atoms with van der Waals surface area (Å²) in [6.45, 7) is 8.83. The van der Waals surface area contributed by atoms with E-state index in [0.29, 0.717) is 31.0 Å². The lowest BCUT2D eigenvalue weighted by Crippen LogP contribution is -2.31. The molecule has 3 rings (SSSR count). The van der Waals surface area contributed by atoms with Crippen molar-refractivity contribution in [1.29, 1.82) is 0 Å². The molecule has 1 aliphatic rings. The topological polar surface area (TPSA) is 74.7 Å². The molecule has 0 saturated carbocycles. The van der Waals surface area contributed by atoms with E-state index in [-0.39, 0.29) is 10.8 Å². The van der Waals surface area contributed by atoms with Gasteiger partial charge in [-0.3, -0.25) is 4.79 Å². The average molecular weight is 497 g/mol. The van der Waals surface area contributed by atoms with Gasteiger partial charge < -0.3 is 14.8 Å². The number of amides is 1. The number of nitrogens with one attached hydrogen (secondary N) is 1. The van der Waals surface area contributed by atoms with Gasteiger partial charge in [-0.1, -0.05) is 13.8 Å². The summed E-state index contributed by atoms with van der Waals surface area (Å²) in [4.78, 5) is 15.4. The molecular formula is C21H29BrN4O3S. The highest BCUT2D eigenvalue weighted by Gasteiger charge is 2.25. The van der Waals surface area contributed by atoms with E-state index in [1.54, 1.807) is 18.2 Å². The summed E-state index contributed by atoms with van der Waals surface area (Å²) >= 11 is 3.42. The van der Waals surface area contributed by atoms with Gasteiger partial charge >= 0.3 is 0 Å². The molecule has 0 bridgehead atoms. The third-order valence-electron chi connectivity index (χ3n) is 5.44. The number of carbonyl (C=O) groups excluding carboxylic acids is 1. The summed E-state index contributed by atoms with van der Waals surface area (Å²) in [5.41, 5.74) is 1.90. The van der Waals surface area contributed by atoms with Crippen LogP contribution in [0.3, 0.4) is 0 Å². The molecule has 1 fully saturated rings. The van der Waals surface area contributed by atoms with Crippen molar-refractivity contribution < 1.29 is 13.2 Å². The van der Waals surface area contributed by atoms with Crippen molar-refractivity contribution in [3.63, 3.8) is 0 Å². The van der Waals surface area contributed by atoms with Gasteiger partial charge in [0.15, 0.2) is 0 Å². The van der Waals surface area contributed by atoms with Gasteiger partial charge in [0.2, 0.25) is 10.0 Å². The molecule has 164 valence electrons. The Morgan fingerprint density at radius 1 is 1.13 bits per heavy atom. The lowest BCUT2D eigenvalue weighted by Gasteiger charge is -2.24. The molecule has 0 spiro atoms. The Hall–Kier alpha value is -1.84. The monoisotopic (exact) mass is 496 g/mol. The second kappa shape index (κ2) is 9.53. The Morgan fingerprint density at radius 3 is 2.40 bits per heavy atom. The lowest BCUT2D eigenvalue weighted by atomic mass is 10.2. The molecule has 0 atom stereocenters. The summed E-state index contributed by atoms with van der Waals surface area (Å²) in [5.74, 6) is -0.264. The van der Waals surface area contributed by atoms with Gasteiger partial charge in [0, 0.05) is 43.4 Å². The maximum Gasteiger partial charge on any atom is 0.272 e. The number of rotatable bonds is 8. The van der Waals surface area contributed by atoms with Crippen LogP contribution in [0.15, 0.2) is 39.8 Å². The number of anilines is 2. The molecule has 9 heteroatoms. The van der Waals surface area contributed by atoms with Gasteiger partial charge in [-0.15, -0.1) is 0 Å². The molecule has 7 nitrogen and oxygen atoms in total. The van der Waals surface area contributed by atoms with Crippen molar-refractivity contribution in [3.05, 3.63) is 40.6 Å². The van der Waals surface area contributed by atoms with Gasteiger partial charge in [-0.05, 0) is 60.0 Å². The number of sulfonamides is 1. The molecule has 1 aromatic carbocycles. The predicted octanol–water partition coefficient (Wildman–Crippen LogP) is 4.15. The molecule has 1 aromatic heterocycles. The molecule has 1 saturated heterocycles. The normalized spacial score (nSPS) is 14.5. The van der Waals surface area contributed by atoms with Crippen molar-refractivity contribution in [2.75, 3.05) is 36.4 Å². The van der Waals surface area contributed by atoms with Crippen molar-refractivity contribution in [3.8, 4) is 0 Å². The zero-order valence-corrected chi connectivity index (χ0v) is 20.1. The first-order chi connectivity index (χ1) is 14.3. The summed E-state index contributed by atoms with van der Waals surface area (Å²) in [5, 5.41) is 2.97. The van der Waals surface area contributed by atoms with Gasteiger partial charge in [0.25, 0.3) is 5.91 Å². The lowest BCUT2D eigenvalue weighted by molar-refractivity contribution is 0.101. The highest BCUT2D eigenvalue weighted by molar-refractivity contribution is 9.10. The Morgan fingerprint density at radius 2 is 1.80 bits per heavy atom. The Bertz CT molecular complexity index is 1010. The van der Waals surface area contributed by atoms with E-state index in [4.69, 9.17) is 0 Å². The largest absolute Gasteiger partial charge is 0.370 e. The molecule has 0 aliphatic carbocycles. The van der Waals surface area contributed by atoms with Gasteiger partial charge in [0.05, 0.1) is 16.3 Å². The highest BCUT2D eigenvalue weighted by atomic mass is 79.9. The third kappa shape index (κ3) is 4.58. The van der Waals surface area contributed by atoms with Crippen LogP contribution in [0, 0.1) is 0 Å². The summed E-state index contributed by atoms with van der Waals surface area (Å²) in [6, 6.07) is 6.81. The SMILES string of the molecule is CCN(CC)S(=O)(=O)c1ccc(N2CCCC2)c(NC(=O)c2cc(Br)cn2CC)c1. The first-order valence-corrected chi connectivity index (χ1v) is 12.6. The van der Waals surface area contributed by atoms with Crippen molar-refractivity contribution in [2.24, 2.45) is 0 Å². The molecular weight excluding hydrogens is 468 g/mol. The van der Waals surface area contributed by atoms with Crippen LogP contribution in [0.1, 0.15) is 44.1 Å². The summed E-state index contributed by atoms with van der Waals surface area (Å²) in [7, 11) is -3.62. The van der Waals surface area contributed by atoms with Gasteiger partial charge in [-0.25, -0.2) is 8.42 Å². The third-order valence-corrected chi connectivity index (χ3v) is 7.92. The van der Waals surface area contributed by atoms with Gasteiger partial charge in [-0.2, -0.15) is 4.31 Å². The smallest absolute Gasteiger partial charge is 0.272 e. The van der Waals surface area contributed by atoms with Crippen molar-refractivity contribution in [2.45, 2.75) is 45.1 Å². The molecule has 0 radical (unpaired) electrons. The van der Waals surface area contributed by atoms with Crippen LogP contribution < -0.4 is 10.2 Å². The van der Waals surface area contributed by atoms with E-state index < -0.39 is 10.0 Å². The molecule has 1 amide bonds. The molecule has 2 aromatic rings. The zero-order chi connectivity index (χ0) is 21.9. The number of hydrogen-bond acceptors (Lipinski definition) is 4. The van der Waals surface area contributed by atoms with Crippen LogP contribution in [0.2, 0.25) is 0 Å². The fraction of sp³-hybridized carbons (Fsp3) is 0.476. The minimum absolute atomic E-state index is 0.191. The standard InChI is InChI=1S/C21H29BrN4O3S/c1-4-24-15-16(22)13-20(24)21(27)23-18-14-17(30(28,29)26(5-2)6-3)9-10-19(18)25-11-7-8-12-25/h9-10,13-15H,4-8,11-12H2,1-3H3,(H,23,27). The minimum Gasteiger partial charge on any atom is -0.370 e. The van der Waals surface area contributed by atoms with E-state index in [1.165, 1.54) is 4.31 Å². The van der Waals surface area contributed by atoms with E-state index >= 15 is 0 Å². The molecule has 0 unspecified atom stereocenters. The fourth-order valence-electron chi connectivity index (χ4n) is 3.84. The van der Waals surface area contributed by atoms with Crippen LogP contribution in [0.25, 0.3) is 0 Å². The zero-order valence-electron chi connectivity index (χ0n) is 17.7. The van der Waals surface area contributed by atoms with Crippen LogP contribution in [-0.4, -0.2) is 49.4 Å². The Labute approximate surface area is 187 Å². The average Bonchev–Trinajstić information content (AvgIpc) is 3.38.